The molecule has 3 rings (SSSR count). The molecule has 0 spiro atoms. The molecule has 2 N–H and O–H groups in total. The number of carbonyl (C=O) groups is 3. The van der Waals surface area contributed by atoms with E-state index in [2.05, 4.69) is 22.4 Å². The number of nitrogens with one attached hydrogen (secondary N) is 2. The Morgan fingerprint density at radius 1 is 1.18 bits per heavy atom. The summed E-state index contributed by atoms with van der Waals surface area (Å²) in [6.07, 6.45) is 5.59. The maximum Gasteiger partial charge on any atom is 0.247 e. The largest absolute Gasteiger partial charge is 0.360 e. The average molecular weight is 453 g/mol. The Kier molecular flexibility index (Phi) is 8.40. The lowest BCUT2D eigenvalue weighted by molar-refractivity contribution is -0.141. The number of rotatable bonds is 10. The maximum absolute atomic E-state index is 13.3. The fraction of sp³-hybridized carbons (Fsp3) is 0.440. The minimum atomic E-state index is -0.794. The number of aromatic nitrogens is 1. The quantitative estimate of drug-likeness (QED) is 0.533. The summed E-state index contributed by atoms with van der Waals surface area (Å²) in [5.74, 6) is 0.0311. The minimum Gasteiger partial charge on any atom is -0.360 e. The molecule has 1 aromatic carbocycles. The van der Waals surface area contributed by atoms with Gasteiger partial charge in [0.05, 0.1) is 0 Å². The Balaban J connectivity index is 1.74. The molecule has 1 aliphatic rings. The lowest BCUT2D eigenvalue weighted by Gasteiger charge is -2.31. The van der Waals surface area contributed by atoms with Crippen molar-refractivity contribution in [1.82, 2.24) is 15.4 Å². The number of hydrogen-bond acceptors (Lipinski definition) is 5. The first-order chi connectivity index (χ1) is 15.9. The summed E-state index contributed by atoms with van der Waals surface area (Å²) in [4.78, 5) is 40.3. The first-order valence-electron chi connectivity index (χ1n) is 11.4. The molecule has 3 amide bonds. The van der Waals surface area contributed by atoms with Crippen LogP contribution in [0.5, 0.6) is 0 Å². The molecule has 0 radical (unpaired) electrons. The van der Waals surface area contributed by atoms with Gasteiger partial charge in [0.2, 0.25) is 17.7 Å². The van der Waals surface area contributed by atoms with Crippen molar-refractivity contribution in [2.75, 3.05) is 11.9 Å². The first-order valence-corrected chi connectivity index (χ1v) is 11.4. The fourth-order valence-electron chi connectivity index (χ4n) is 4.06. The average Bonchev–Trinajstić information content (AvgIpc) is 3.44. The Morgan fingerprint density at radius 3 is 2.48 bits per heavy atom. The summed E-state index contributed by atoms with van der Waals surface area (Å²) in [5, 5.41) is 9.46. The summed E-state index contributed by atoms with van der Waals surface area (Å²) in [6.45, 7) is 7.65. The number of anilines is 1. The molecule has 1 atom stereocenters. The van der Waals surface area contributed by atoms with Crippen LogP contribution in [0.4, 0.5) is 5.82 Å². The van der Waals surface area contributed by atoms with Gasteiger partial charge in [0.25, 0.3) is 0 Å². The van der Waals surface area contributed by atoms with Gasteiger partial charge in [-0.3, -0.25) is 14.4 Å². The van der Waals surface area contributed by atoms with E-state index in [1.807, 2.05) is 31.2 Å². The second-order valence-electron chi connectivity index (χ2n) is 8.51. The van der Waals surface area contributed by atoms with Crippen LogP contribution >= 0.6 is 0 Å². The molecule has 1 aromatic heterocycles. The molecule has 2 aromatic rings. The summed E-state index contributed by atoms with van der Waals surface area (Å²) >= 11 is 0. The van der Waals surface area contributed by atoms with Gasteiger partial charge in [-0.1, -0.05) is 53.9 Å². The molecule has 1 aliphatic carbocycles. The van der Waals surface area contributed by atoms with Gasteiger partial charge in [0, 0.05) is 31.5 Å². The van der Waals surface area contributed by atoms with Gasteiger partial charge in [-0.15, -0.1) is 6.58 Å². The van der Waals surface area contributed by atoms with Crippen molar-refractivity contribution < 1.29 is 18.9 Å². The van der Waals surface area contributed by atoms with Crippen molar-refractivity contribution in [2.24, 2.45) is 0 Å². The van der Waals surface area contributed by atoms with Gasteiger partial charge < -0.3 is 20.1 Å². The molecule has 176 valence electrons. The second kappa shape index (κ2) is 11.4. The summed E-state index contributed by atoms with van der Waals surface area (Å²) in [7, 11) is 0. The van der Waals surface area contributed by atoms with E-state index in [4.69, 9.17) is 4.52 Å². The molecule has 0 aliphatic heterocycles. The predicted octanol–water partition coefficient (Wildman–Crippen LogP) is 3.82. The van der Waals surface area contributed by atoms with E-state index in [0.717, 1.165) is 36.8 Å². The molecule has 1 fully saturated rings. The number of aryl methyl sites for hydroxylation is 2. The molecule has 8 heteroatoms. The Bertz CT molecular complexity index is 977. The Morgan fingerprint density at radius 2 is 1.88 bits per heavy atom. The van der Waals surface area contributed by atoms with Crippen LogP contribution in [0.2, 0.25) is 0 Å². The fourth-order valence-corrected chi connectivity index (χ4v) is 4.06. The first kappa shape index (κ1) is 24.2. The second-order valence-corrected chi connectivity index (χ2v) is 8.51. The normalized spacial score (nSPS) is 14.5. The van der Waals surface area contributed by atoms with Crippen LogP contribution < -0.4 is 10.6 Å². The van der Waals surface area contributed by atoms with Crippen molar-refractivity contribution in [1.29, 1.82) is 0 Å². The highest BCUT2D eigenvalue weighted by atomic mass is 16.5. The van der Waals surface area contributed by atoms with Crippen molar-refractivity contribution in [3.05, 3.63) is 59.9 Å². The highest BCUT2D eigenvalue weighted by Gasteiger charge is 2.32. The van der Waals surface area contributed by atoms with Gasteiger partial charge in [0.15, 0.2) is 5.82 Å². The standard InChI is InChI=1S/C25H32N4O4/c1-4-15-29(23(31)14-13-22(30)27-21-16-18(3)33-28-21)24(19-11-9-17(2)10-12-19)25(32)26-20-7-5-6-8-20/h4,9-12,16,20,24H,1,5-8,13-15H2,2-3H3,(H,26,32)(H,27,28,30)/t24-/m1/s1. The number of nitrogens with zero attached hydrogens (tertiary/aromatic N) is 2. The van der Waals surface area contributed by atoms with E-state index < -0.39 is 6.04 Å². The third-order valence-electron chi connectivity index (χ3n) is 5.76. The van der Waals surface area contributed by atoms with Gasteiger partial charge in [-0.2, -0.15) is 0 Å². The molecule has 0 bridgehead atoms. The van der Waals surface area contributed by atoms with E-state index in [1.165, 1.54) is 4.90 Å². The minimum absolute atomic E-state index is 0.0384. The molecular weight excluding hydrogens is 420 g/mol. The van der Waals surface area contributed by atoms with Crippen LogP contribution in [-0.2, 0) is 14.4 Å². The van der Waals surface area contributed by atoms with Crippen molar-refractivity contribution in [3.8, 4) is 0 Å². The molecule has 0 unspecified atom stereocenters. The highest BCUT2D eigenvalue weighted by molar-refractivity contribution is 5.94. The van der Waals surface area contributed by atoms with E-state index >= 15 is 0 Å². The lowest BCUT2D eigenvalue weighted by Crippen LogP contribution is -2.46. The molecule has 8 nitrogen and oxygen atoms in total. The zero-order valence-corrected chi connectivity index (χ0v) is 19.3. The van der Waals surface area contributed by atoms with Gasteiger partial charge in [-0.05, 0) is 32.3 Å². The van der Waals surface area contributed by atoms with E-state index in [0.29, 0.717) is 11.6 Å². The number of benzene rings is 1. The van der Waals surface area contributed by atoms with Crippen LogP contribution in [0.3, 0.4) is 0 Å². The Labute approximate surface area is 194 Å². The number of carbonyl (C=O) groups excluding carboxylic acids is 3. The van der Waals surface area contributed by atoms with E-state index in [-0.39, 0.29) is 43.1 Å². The smallest absolute Gasteiger partial charge is 0.247 e. The monoisotopic (exact) mass is 452 g/mol. The third kappa shape index (κ3) is 6.78. The third-order valence-corrected chi connectivity index (χ3v) is 5.76. The summed E-state index contributed by atoms with van der Waals surface area (Å²) in [6, 6.07) is 8.53. The lowest BCUT2D eigenvalue weighted by atomic mass is 10.0. The van der Waals surface area contributed by atoms with E-state index in [9.17, 15) is 14.4 Å². The highest BCUT2D eigenvalue weighted by Crippen LogP contribution is 2.25. The maximum atomic E-state index is 13.3. The summed E-state index contributed by atoms with van der Waals surface area (Å²) in [5.41, 5.74) is 1.80. The van der Waals surface area contributed by atoms with Crippen LogP contribution in [0.25, 0.3) is 0 Å². The molecular formula is C25H32N4O4. The number of amides is 3. The SMILES string of the molecule is C=CCN(C(=O)CCC(=O)Nc1cc(C)on1)[C@@H](C(=O)NC1CCCC1)c1ccc(C)cc1. The van der Waals surface area contributed by atoms with Gasteiger partial charge >= 0.3 is 0 Å². The zero-order chi connectivity index (χ0) is 23.8. The topological polar surface area (TPSA) is 105 Å². The predicted molar refractivity (Wildman–Crippen MR) is 125 cm³/mol. The van der Waals surface area contributed by atoms with Crippen molar-refractivity contribution in [2.45, 2.75) is 64.5 Å². The zero-order valence-electron chi connectivity index (χ0n) is 19.3. The molecule has 0 saturated heterocycles. The van der Waals surface area contributed by atoms with Crippen LogP contribution in [0.1, 0.15) is 61.5 Å². The number of hydrogen-bond donors (Lipinski definition) is 2. The van der Waals surface area contributed by atoms with Gasteiger partial charge in [0.1, 0.15) is 11.8 Å². The molecule has 1 saturated carbocycles. The van der Waals surface area contributed by atoms with Crippen LogP contribution in [-0.4, -0.2) is 40.4 Å². The molecule has 33 heavy (non-hydrogen) atoms. The van der Waals surface area contributed by atoms with Crippen LogP contribution in [0, 0.1) is 13.8 Å². The van der Waals surface area contributed by atoms with Gasteiger partial charge in [-0.25, -0.2) is 0 Å². The van der Waals surface area contributed by atoms with Crippen molar-refractivity contribution in [3.63, 3.8) is 0 Å². The van der Waals surface area contributed by atoms with Crippen molar-refractivity contribution >= 4 is 23.5 Å². The van der Waals surface area contributed by atoms with E-state index in [1.54, 1.807) is 19.1 Å². The Hall–Kier alpha value is -3.42. The summed E-state index contributed by atoms with van der Waals surface area (Å²) < 4.78 is 4.94. The van der Waals surface area contributed by atoms with Crippen LogP contribution in [0.15, 0.2) is 47.5 Å². The molecule has 1 heterocycles.